The van der Waals surface area contributed by atoms with Crippen molar-refractivity contribution in [3.63, 3.8) is 0 Å². The van der Waals surface area contributed by atoms with E-state index in [1.54, 1.807) is 12.1 Å². The molecule has 2 heterocycles. The van der Waals surface area contributed by atoms with Gasteiger partial charge in [0, 0.05) is 25.7 Å². The summed E-state index contributed by atoms with van der Waals surface area (Å²) in [6.45, 7) is 4.10. The third kappa shape index (κ3) is 5.32. The highest BCUT2D eigenvalue weighted by Gasteiger charge is 2.15. The number of nitrogens with one attached hydrogen (secondary N) is 1. The average Bonchev–Trinajstić information content (AvgIpc) is 2.71. The number of ether oxygens (including phenoxy) is 2. The van der Waals surface area contributed by atoms with Gasteiger partial charge in [0.05, 0.1) is 12.0 Å². The van der Waals surface area contributed by atoms with E-state index in [-0.39, 0.29) is 18.0 Å². The van der Waals surface area contributed by atoms with Gasteiger partial charge in [0.1, 0.15) is 24.0 Å². The number of nitrogens with zero attached hydrogens (tertiary/aromatic N) is 3. The second kappa shape index (κ2) is 9.20. The van der Waals surface area contributed by atoms with Gasteiger partial charge < -0.3 is 14.4 Å². The molecule has 0 atom stereocenters. The van der Waals surface area contributed by atoms with Gasteiger partial charge in [0.15, 0.2) is 0 Å². The van der Waals surface area contributed by atoms with E-state index in [1.165, 1.54) is 25.7 Å². The summed E-state index contributed by atoms with van der Waals surface area (Å²) in [6, 6.07) is 8.03. The van der Waals surface area contributed by atoms with Crippen LogP contribution in [-0.2, 0) is 10.0 Å². The van der Waals surface area contributed by atoms with Gasteiger partial charge in [-0.3, -0.25) is 0 Å². The highest BCUT2D eigenvalue weighted by Crippen LogP contribution is 2.21. The van der Waals surface area contributed by atoms with Crippen molar-refractivity contribution in [2.45, 2.75) is 31.1 Å². The van der Waals surface area contributed by atoms with E-state index in [1.807, 2.05) is 13.0 Å². The predicted molar refractivity (Wildman–Crippen MR) is 107 cm³/mol. The second-order valence-corrected chi connectivity index (χ2v) is 8.35. The number of sulfonamides is 1. The number of aromatic nitrogens is 2. The molecule has 1 aliphatic heterocycles. The summed E-state index contributed by atoms with van der Waals surface area (Å²) in [4.78, 5) is 11.2. The average molecular weight is 407 g/mol. The summed E-state index contributed by atoms with van der Waals surface area (Å²) in [5, 5.41) is 0. The van der Waals surface area contributed by atoms with Crippen molar-refractivity contribution in [2.75, 3.05) is 38.3 Å². The fourth-order valence-corrected chi connectivity index (χ4v) is 4.07. The van der Waals surface area contributed by atoms with Crippen molar-refractivity contribution < 1.29 is 17.9 Å². The van der Waals surface area contributed by atoms with Crippen molar-refractivity contribution in [1.29, 1.82) is 0 Å². The molecule has 1 fully saturated rings. The van der Waals surface area contributed by atoms with E-state index in [9.17, 15) is 8.42 Å². The van der Waals surface area contributed by atoms with Crippen molar-refractivity contribution in [3.05, 3.63) is 36.2 Å². The molecule has 0 unspecified atom stereocenters. The maximum absolute atomic E-state index is 12.3. The SMILES string of the molecule is COc1ccc(S(=O)(=O)NCCOc2cc(N3CCCCC3)nc(C)n2)cc1. The molecule has 152 valence electrons. The Balaban J connectivity index is 1.55. The maximum Gasteiger partial charge on any atom is 0.240 e. The van der Waals surface area contributed by atoms with Crippen molar-refractivity contribution in [3.8, 4) is 11.6 Å². The van der Waals surface area contributed by atoms with Gasteiger partial charge in [-0.2, -0.15) is 4.98 Å². The Kier molecular flexibility index (Phi) is 6.69. The van der Waals surface area contributed by atoms with Crippen molar-refractivity contribution in [1.82, 2.24) is 14.7 Å². The first-order valence-electron chi connectivity index (χ1n) is 9.35. The molecule has 0 bridgehead atoms. The monoisotopic (exact) mass is 406 g/mol. The minimum atomic E-state index is -3.60. The molecule has 9 heteroatoms. The van der Waals surface area contributed by atoms with Crippen molar-refractivity contribution >= 4 is 15.8 Å². The maximum atomic E-state index is 12.3. The molecule has 0 spiro atoms. The van der Waals surface area contributed by atoms with Gasteiger partial charge in [-0.1, -0.05) is 0 Å². The van der Waals surface area contributed by atoms with E-state index in [0.29, 0.717) is 17.5 Å². The minimum absolute atomic E-state index is 0.135. The number of hydrogen-bond donors (Lipinski definition) is 1. The van der Waals surface area contributed by atoms with Gasteiger partial charge in [-0.15, -0.1) is 0 Å². The topological polar surface area (TPSA) is 93.7 Å². The molecule has 1 N–H and O–H groups in total. The summed E-state index contributed by atoms with van der Waals surface area (Å²) in [7, 11) is -2.07. The van der Waals surface area contributed by atoms with Crippen LogP contribution >= 0.6 is 0 Å². The Morgan fingerprint density at radius 2 is 1.82 bits per heavy atom. The lowest BCUT2D eigenvalue weighted by Crippen LogP contribution is -2.30. The van der Waals surface area contributed by atoms with Crippen LogP contribution in [0.15, 0.2) is 35.2 Å². The van der Waals surface area contributed by atoms with Crippen LogP contribution in [-0.4, -0.2) is 51.7 Å². The first-order chi connectivity index (χ1) is 13.5. The molecule has 0 amide bonds. The zero-order valence-electron chi connectivity index (χ0n) is 16.2. The largest absolute Gasteiger partial charge is 0.497 e. The number of benzene rings is 1. The Bertz CT molecular complexity index is 881. The summed E-state index contributed by atoms with van der Waals surface area (Å²) in [5.74, 6) is 2.56. The lowest BCUT2D eigenvalue weighted by molar-refractivity contribution is 0.309. The Morgan fingerprint density at radius 3 is 2.50 bits per heavy atom. The van der Waals surface area contributed by atoms with Gasteiger partial charge in [0.2, 0.25) is 15.9 Å². The fraction of sp³-hybridized carbons (Fsp3) is 0.474. The normalized spacial score (nSPS) is 14.7. The summed E-state index contributed by atoms with van der Waals surface area (Å²) in [5.41, 5.74) is 0. The second-order valence-electron chi connectivity index (χ2n) is 6.58. The number of hydrogen-bond acceptors (Lipinski definition) is 7. The van der Waals surface area contributed by atoms with Crippen LogP contribution < -0.4 is 19.1 Å². The van der Waals surface area contributed by atoms with Crippen LogP contribution in [0.3, 0.4) is 0 Å². The first kappa shape index (κ1) is 20.3. The van der Waals surface area contributed by atoms with E-state index >= 15 is 0 Å². The number of methoxy groups -OCH3 is 1. The van der Waals surface area contributed by atoms with E-state index in [2.05, 4.69) is 19.6 Å². The number of rotatable bonds is 8. The van der Waals surface area contributed by atoms with Crippen LogP contribution in [0.25, 0.3) is 0 Å². The molecular formula is C19H26N4O4S. The molecule has 1 aliphatic rings. The molecular weight excluding hydrogens is 380 g/mol. The Labute approximate surface area is 166 Å². The third-order valence-electron chi connectivity index (χ3n) is 4.49. The molecule has 8 nitrogen and oxygen atoms in total. The number of piperidine rings is 1. The van der Waals surface area contributed by atoms with Crippen molar-refractivity contribution in [2.24, 2.45) is 0 Å². The standard InChI is InChI=1S/C19H26N4O4S/c1-15-21-18(23-11-4-3-5-12-23)14-19(22-15)27-13-10-20-28(24,25)17-8-6-16(26-2)7-9-17/h6-9,14,20H,3-5,10-13H2,1-2H3. The highest BCUT2D eigenvalue weighted by atomic mass is 32.2. The van der Waals surface area contributed by atoms with Crippen LogP contribution in [0.2, 0.25) is 0 Å². The number of aryl methyl sites for hydroxylation is 1. The lowest BCUT2D eigenvalue weighted by atomic mass is 10.1. The third-order valence-corrected chi connectivity index (χ3v) is 5.97. The molecule has 3 rings (SSSR count). The lowest BCUT2D eigenvalue weighted by Gasteiger charge is -2.28. The van der Waals surface area contributed by atoms with Crippen LogP contribution in [0, 0.1) is 6.92 Å². The summed E-state index contributed by atoms with van der Waals surface area (Å²) >= 11 is 0. The van der Waals surface area contributed by atoms with E-state index in [4.69, 9.17) is 9.47 Å². The zero-order valence-corrected chi connectivity index (χ0v) is 17.0. The van der Waals surface area contributed by atoms with Gasteiger partial charge in [0.25, 0.3) is 0 Å². The fourth-order valence-electron chi connectivity index (χ4n) is 3.05. The highest BCUT2D eigenvalue weighted by molar-refractivity contribution is 7.89. The van der Waals surface area contributed by atoms with Crippen LogP contribution in [0.4, 0.5) is 5.82 Å². The smallest absolute Gasteiger partial charge is 0.240 e. The molecule has 2 aromatic rings. The predicted octanol–water partition coefficient (Wildman–Crippen LogP) is 2.14. The van der Waals surface area contributed by atoms with Crippen LogP contribution in [0.1, 0.15) is 25.1 Å². The molecule has 0 radical (unpaired) electrons. The van der Waals surface area contributed by atoms with Gasteiger partial charge >= 0.3 is 0 Å². The zero-order chi connectivity index (χ0) is 20.0. The summed E-state index contributed by atoms with van der Waals surface area (Å²) in [6.07, 6.45) is 3.57. The van der Waals surface area contributed by atoms with E-state index in [0.717, 1.165) is 31.7 Å². The number of anilines is 1. The molecule has 0 saturated carbocycles. The molecule has 28 heavy (non-hydrogen) atoms. The molecule has 0 aliphatic carbocycles. The van der Waals surface area contributed by atoms with Gasteiger partial charge in [-0.25, -0.2) is 18.1 Å². The Hall–Kier alpha value is -2.39. The minimum Gasteiger partial charge on any atom is -0.497 e. The molecule has 1 aromatic carbocycles. The summed E-state index contributed by atoms with van der Waals surface area (Å²) < 4.78 is 37.9. The van der Waals surface area contributed by atoms with Gasteiger partial charge in [-0.05, 0) is 50.5 Å². The van der Waals surface area contributed by atoms with Crippen LogP contribution in [0.5, 0.6) is 11.6 Å². The molecule has 1 aromatic heterocycles. The Morgan fingerprint density at radius 1 is 1.11 bits per heavy atom. The first-order valence-corrected chi connectivity index (χ1v) is 10.8. The molecule has 1 saturated heterocycles. The van der Waals surface area contributed by atoms with E-state index < -0.39 is 10.0 Å². The quantitative estimate of drug-likeness (QED) is 0.671.